The zero-order valence-electron chi connectivity index (χ0n) is 16.7. The largest absolute Gasteiger partial charge is 0.394 e. The van der Waals surface area contributed by atoms with E-state index in [4.69, 9.17) is 33.7 Å². The molecule has 0 unspecified atom stereocenters. The van der Waals surface area contributed by atoms with E-state index in [-0.39, 0.29) is 11.6 Å². The van der Waals surface area contributed by atoms with Crippen molar-refractivity contribution >= 4 is 35.3 Å². The molecule has 154 valence electrons. The van der Waals surface area contributed by atoms with Crippen LogP contribution in [-0.2, 0) is 16.1 Å². The number of benzene rings is 1. The Hall–Kier alpha value is -2.02. The lowest BCUT2D eigenvalue weighted by atomic mass is 10.2. The number of hydrogen-bond acceptors (Lipinski definition) is 5. The SMILES string of the molecule is CC/C(C)=C(/NCc1ccc(Cl)c(Cl)c1)NC(=O)C(N)=C(C)C=NCCOC. The van der Waals surface area contributed by atoms with Gasteiger partial charge in [-0.05, 0) is 49.1 Å². The minimum atomic E-state index is -0.389. The van der Waals surface area contributed by atoms with Crippen molar-refractivity contribution in [3.05, 3.63) is 56.5 Å². The van der Waals surface area contributed by atoms with Crippen LogP contribution in [0.25, 0.3) is 0 Å². The van der Waals surface area contributed by atoms with E-state index in [1.807, 2.05) is 19.9 Å². The molecule has 0 aliphatic carbocycles. The van der Waals surface area contributed by atoms with Crippen LogP contribution in [0.1, 0.15) is 32.8 Å². The van der Waals surface area contributed by atoms with Gasteiger partial charge in [0.05, 0.1) is 23.2 Å². The highest BCUT2D eigenvalue weighted by atomic mass is 35.5. The van der Waals surface area contributed by atoms with Crippen LogP contribution < -0.4 is 16.4 Å². The van der Waals surface area contributed by atoms with Gasteiger partial charge in [-0.1, -0.05) is 36.2 Å². The fourth-order valence-corrected chi connectivity index (χ4v) is 2.41. The predicted molar refractivity (Wildman–Crippen MR) is 117 cm³/mol. The van der Waals surface area contributed by atoms with Gasteiger partial charge in [0.2, 0.25) is 0 Å². The Labute approximate surface area is 176 Å². The molecule has 1 aromatic rings. The second-order valence-corrected chi connectivity index (χ2v) is 7.00. The first-order valence-electron chi connectivity index (χ1n) is 8.94. The minimum Gasteiger partial charge on any atom is -0.394 e. The summed E-state index contributed by atoms with van der Waals surface area (Å²) in [5.74, 6) is 0.228. The smallest absolute Gasteiger partial charge is 0.272 e. The number of halogens is 2. The van der Waals surface area contributed by atoms with Gasteiger partial charge in [-0.2, -0.15) is 0 Å². The first-order valence-corrected chi connectivity index (χ1v) is 9.69. The van der Waals surface area contributed by atoms with E-state index in [9.17, 15) is 4.79 Å². The molecule has 0 atom stereocenters. The van der Waals surface area contributed by atoms with Gasteiger partial charge in [0.25, 0.3) is 5.91 Å². The molecule has 0 aromatic heterocycles. The highest BCUT2D eigenvalue weighted by molar-refractivity contribution is 6.42. The molecular formula is C20H28Cl2N4O2. The molecule has 0 bridgehead atoms. The maximum Gasteiger partial charge on any atom is 0.272 e. The third-order valence-corrected chi connectivity index (χ3v) is 4.77. The van der Waals surface area contributed by atoms with Crippen molar-refractivity contribution in [2.75, 3.05) is 20.3 Å². The summed E-state index contributed by atoms with van der Waals surface area (Å²) >= 11 is 12.0. The number of nitrogens with zero attached hydrogens (tertiary/aromatic N) is 1. The van der Waals surface area contributed by atoms with Gasteiger partial charge in [-0.15, -0.1) is 0 Å². The molecule has 0 fully saturated rings. The monoisotopic (exact) mass is 426 g/mol. The number of ether oxygens (including phenoxy) is 1. The van der Waals surface area contributed by atoms with Gasteiger partial charge in [0, 0.05) is 19.9 Å². The summed E-state index contributed by atoms with van der Waals surface area (Å²) in [5.41, 5.74) is 8.60. The predicted octanol–water partition coefficient (Wildman–Crippen LogP) is 3.79. The van der Waals surface area contributed by atoms with E-state index < -0.39 is 0 Å². The fourth-order valence-electron chi connectivity index (χ4n) is 2.09. The van der Waals surface area contributed by atoms with Gasteiger partial charge in [-0.25, -0.2) is 0 Å². The molecule has 28 heavy (non-hydrogen) atoms. The summed E-state index contributed by atoms with van der Waals surface area (Å²) in [7, 11) is 1.61. The summed E-state index contributed by atoms with van der Waals surface area (Å²) in [5, 5.41) is 7.07. The number of allylic oxidation sites excluding steroid dienone is 2. The second-order valence-electron chi connectivity index (χ2n) is 6.19. The molecule has 0 radical (unpaired) electrons. The van der Waals surface area contributed by atoms with Crippen LogP contribution in [0.5, 0.6) is 0 Å². The molecular weight excluding hydrogens is 399 g/mol. The summed E-state index contributed by atoms with van der Waals surface area (Å²) in [6.45, 7) is 7.19. The Morgan fingerprint density at radius 1 is 1.29 bits per heavy atom. The molecule has 0 aliphatic heterocycles. The zero-order valence-corrected chi connectivity index (χ0v) is 18.2. The lowest BCUT2D eigenvalue weighted by molar-refractivity contribution is -0.117. The molecule has 1 aromatic carbocycles. The van der Waals surface area contributed by atoms with Crippen LogP contribution >= 0.6 is 23.2 Å². The number of hydrogen-bond donors (Lipinski definition) is 3. The topological polar surface area (TPSA) is 88.7 Å². The molecule has 0 saturated heterocycles. The molecule has 8 heteroatoms. The molecule has 1 rings (SSSR count). The van der Waals surface area contributed by atoms with Crippen molar-refractivity contribution in [1.82, 2.24) is 10.6 Å². The van der Waals surface area contributed by atoms with Crippen LogP contribution in [0.3, 0.4) is 0 Å². The summed E-state index contributed by atoms with van der Waals surface area (Å²) in [6, 6.07) is 5.39. The minimum absolute atomic E-state index is 0.110. The van der Waals surface area contributed by atoms with E-state index in [0.717, 1.165) is 17.6 Å². The highest BCUT2D eigenvalue weighted by Gasteiger charge is 2.12. The maximum atomic E-state index is 12.5. The van der Waals surface area contributed by atoms with E-state index in [1.54, 1.807) is 32.4 Å². The van der Waals surface area contributed by atoms with E-state index in [1.165, 1.54) is 0 Å². The first-order chi connectivity index (χ1) is 13.3. The van der Waals surface area contributed by atoms with E-state index >= 15 is 0 Å². The van der Waals surface area contributed by atoms with Crippen molar-refractivity contribution in [2.45, 2.75) is 33.7 Å². The van der Waals surface area contributed by atoms with Crippen LogP contribution in [0, 0.1) is 0 Å². The van der Waals surface area contributed by atoms with Crippen molar-refractivity contribution in [3.63, 3.8) is 0 Å². The number of rotatable bonds is 10. The number of nitrogens with two attached hydrogens (primary N) is 1. The number of methoxy groups -OCH3 is 1. The molecule has 0 saturated carbocycles. The Bertz CT molecular complexity index is 773. The van der Waals surface area contributed by atoms with E-state index in [2.05, 4.69) is 15.6 Å². The average molecular weight is 427 g/mol. The average Bonchev–Trinajstić information content (AvgIpc) is 2.69. The number of carbonyl (C=O) groups excluding carboxylic acids is 1. The maximum absolute atomic E-state index is 12.5. The van der Waals surface area contributed by atoms with Crippen LogP contribution in [0.4, 0.5) is 0 Å². The third-order valence-electron chi connectivity index (χ3n) is 4.03. The van der Waals surface area contributed by atoms with E-state index in [0.29, 0.717) is 41.1 Å². The Morgan fingerprint density at radius 2 is 2.00 bits per heavy atom. The highest BCUT2D eigenvalue weighted by Crippen LogP contribution is 2.22. The standard InChI is InChI=1S/C20H28Cl2N4O2/c1-5-13(2)19(25-12-15-6-7-16(21)17(22)10-15)26-20(27)18(23)14(3)11-24-8-9-28-4/h6-7,10-11,25H,5,8-9,12,23H2,1-4H3,(H,26,27)/b18-14?,19-13-,24-11?. The number of carbonyl (C=O) groups is 1. The molecule has 0 heterocycles. The normalized spacial score (nSPS) is 13.2. The molecule has 0 aliphatic rings. The van der Waals surface area contributed by atoms with Crippen LogP contribution in [0.15, 0.2) is 45.9 Å². The number of aliphatic imine (C=N–C) groups is 1. The molecule has 1 amide bonds. The van der Waals surface area contributed by atoms with Crippen molar-refractivity contribution < 1.29 is 9.53 Å². The number of amides is 1. The first kappa shape index (κ1) is 24.0. The molecule has 6 nitrogen and oxygen atoms in total. The van der Waals surface area contributed by atoms with Crippen molar-refractivity contribution in [2.24, 2.45) is 10.7 Å². The quantitative estimate of drug-likeness (QED) is 0.301. The van der Waals surface area contributed by atoms with Gasteiger partial charge in [0.15, 0.2) is 0 Å². The molecule has 4 N–H and O–H groups in total. The summed E-state index contributed by atoms with van der Waals surface area (Å²) in [4.78, 5) is 16.7. The fraction of sp³-hybridized carbons (Fsp3) is 0.400. The van der Waals surface area contributed by atoms with Gasteiger partial charge < -0.3 is 21.1 Å². The van der Waals surface area contributed by atoms with Crippen molar-refractivity contribution in [3.8, 4) is 0 Å². The Balaban J connectivity index is 2.84. The summed E-state index contributed by atoms with van der Waals surface area (Å²) in [6.07, 6.45) is 2.35. The lowest BCUT2D eigenvalue weighted by Crippen LogP contribution is -2.35. The Kier molecular flexibility index (Phi) is 10.7. The zero-order chi connectivity index (χ0) is 21.1. The Morgan fingerprint density at radius 3 is 2.61 bits per heavy atom. The number of nitrogens with one attached hydrogen (secondary N) is 2. The van der Waals surface area contributed by atoms with Gasteiger partial charge >= 0.3 is 0 Å². The third kappa shape index (κ3) is 7.92. The van der Waals surface area contributed by atoms with Crippen molar-refractivity contribution in [1.29, 1.82) is 0 Å². The van der Waals surface area contributed by atoms with Gasteiger partial charge in [-0.3, -0.25) is 9.79 Å². The van der Waals surface area contributed by atoms with Gasteiger partial charge in [0.1, 0.15) is 11.5 Å². The second kappa shape index (κ2) is 12.4. The summed E-state index contributed by atoms with van der Waals surface area (Å²) < 4.78 is 4.93. The van der Waals surface area contributed by atoms with Crippen LogP contribution in [-0.4, -0.2) is 32.4 Å². The molecule has 0 spiro atoms. The van der Waals surface area contributed by atoms with Crippen LogP contribution in [0.2, 0.25) is 10.0 Å². The lowest BCUT2D eigenvalue weighted by Gasteiger charge is -2.16.